The van der Waals surface area contributed by atoms with E-state index in [9.17, 15) is 13.2 Å². The molecule has 0 radical (unpaired) electrons. The second-order valence-electron chi connectivity index (χ2n) is 8.83. The van der Waals surface area contributed by atoms with Crippen molar-refractivity contribution in [3.8, 4) is 5.75 Å². The van der Waals surface area contributed by atoms with Crippen LogP contribution in [-0.4, -0.2) is 27.3 Å². The third-order valence-electron chi connectivity index (χ3n) is 6.67. The van der Waals surface area contributed by atoms with Crippen molar-refractivity contribution in [2.24, 2.45) is 17.0 Å². The maximum Gasteiger partial charge on any atom is 0.238 e. The van der Waals surface area contributed by atoms with Crippen LogP contribution in [0.3, 0.4) is 0 Å². The minimum absolute atomic E-state index is 0.0589. The van der Waals surface area contributed by atoms with Gasteiger partial charge in [-0.05, 0) is 86.4 Å². The molecule has 172 valence electrons. The van der Waals surface area contributed by atoms with E-state index in [2.05, 4.69) is 4.90 Å². The quantitative estimate of drug-likeness (QED) is 0.709. The fourth-order valence-electron chi connectivity index (χ4n) is 4.70. The number of Topliss-reactive ketones (excluding diaryl/α,β-unsaturated/α-hetero) is 1. The maximum absolute atomic E-state index is 12.0. The third-order valence-corrected chi connectivity index (χ3v) is 7.82. The molecule has 2 N–H and O–H groups in total. The van der Waals surface area contributed by atoms with Crippen molar-refractivity contribution in [1.29, 1.82) is 0 Å². The Bertz CT molecular complexity index is 1120. The molecule has 2 aromatic carbocycles. The molecule has 0 aromatic heterocycles. The van der Waals surface area contributed by atoms with E-state index in [1.165, 1.54) is 11.6 Å². The fourth-order valence-corrected chi connectivity index (χ4v) is 5.43. The molecule has 6 nitrogen and oxygen atoms in total. The highest BCUT2D eigenvalue weighted by Gasteiger charge is 2.36. The van der Waals surface area contributed by atoms with Crippen molar-refractivity contribution in [3.05, 3.63) is 52.5 Å². The molecule has 1 fully saturated rings. The van der Waals surface area contributed by atoms with Gasteiger partial charge < -0.3 is 9.64 Å². The number of primary sulfonamides is 1. The summed E-state index contributed by atoms with van der Waals surface area (Å²) in [6.07, 6.45) is 4.70. The molecule has 1 saturated carbocycles. The van der Waals surface area contributed by atoms with Crippen LogP contribution < -0.4 is 14.8 Å². The zero-order chi connectivity index (χ0) is 22.9. The largest absolute Gasteiger partial charge is 0.487 e. The molecule has 2 atom stereocenters. The Balaban J connectivity index is 1.70. The molecule has 8 heteroatoms. The third kappa shape index (κ3) is 5.11. The number of halogens is 1. The van der Waals surface area contributed by atoms with Gasteiger partial charge in [0.2, 0.25) is 10.0 Å². The summed E-state index contributed by atoms with van der Waals surface area (Å²) < 4.78 is 30.3. The molecule has 0 bridgehead atoms. The van der Waals surface area contributed by atoms with Gasteiger partial charge in [-0.15, -0.1) is 0 Å². The summed E-state index contributed by atoms with van der Waals surface area (Å²) in [6.45, 7) is 3.44. The Labute approximate surface area is 194 Å². The van der Waals surface area contributed by atoms with E-state index in [0.717, 1.165) is 44.2 Å². The van der Waals surface area contributed by atoms with Gasteiger partial charge in [0.25, 0.3) is 0 Å². The highest BCUT2D eigenvalue weighted by Crippen LogP contribution is 2.39. The number of sulfonamides is 1. The lowest BCUT2D eigenvalue weighted by Gasteiger charge is -2.39. The van der Waals surface area contributed by atoms with Gasteiger partial charge in [0, 0.05) is 24.0 Å². The van der Waals surface area contributed by atoms with E-state index in [1.807, 2.05) is 18.2 Å². The van der Waals surface area contributed by atoms with Crippen LogP contribution in [0.25, 0.3) is 0 Å². The van der Waals surface area contributed by atoms with Crippen molar-refractivity contribution in [2.45, 2.75) is 50.5 Å². The molecule has 1 aliphatic carbocycles. The summed E-state index contributed by atoms with van der Waals surface area (Å²) in [5.74, 6) is 1.17. The van der Waals surface area contributed by atoms with Crippen molar-refractivity contribution in [3.63, 3.8) is 0 Å². The van der Waals surface area contributed by atoms with Crippen molar-refractivity contribution in [1.82, 2.24) is 0 Å². The summed E-state index contributed by atoms with van der Waals surface area (Å²) >= 11 is 6.21. The Morgan fingerprint density at radius 2 is 1.97 bits per heavy atom. The molecule has 0 saturated heterocycles. The minimum Gasteiger partial charge on any atom is -0.487 e. The lowest BCUT2D eigenvalue weighted by atomic mass is 9.71. The number of hydrogen-bond donors (Lipinski definition) is 1. The highest BCUT2D eigenvalue weighted by atomic mass is 35.5. The number of rotatable bonds is 4. The van der Waals surface area contributed by atoms with Crippen LogP contribution in [0.5, 0.6) is 5.75 Å². The van der Waals surface area contributed by atoms with Crippen LogP contribution in [-0.2, 0) is 27.8 Å². The summed E-state index contributed by atoms with van der Waals surface area (Å²) in [5, 5.41) is 6.13. The van der Waals surface area contributed by atoms with Gasteiger partial charge in [-0.25, -0.2) is 13.6 Å². The summed E-state index contributed by atoms with van der Waals surface area (Å²) in [4.78, 5) is 14.2. The van der Waals surface area contributed by atoms with E-state index < -0.39 is 10.0 Å². The first-order valence-corrected chi connectivity index (χ1v) is 13.0. The summed E-state index contributed by atoms with van der Waals surface area (Å²) in [5.41, 5.74) is 2.95. The van der Waals surface area contributed by atoms with Crippen LogP contribution in [0.1, 0.15) is 43.7 Å². The Kier molecular flexibility index (Phi) is 6.79. The van der Waals surface area contributed by atoms with Gasteiger partial charge in [0.1, 0.15) is 18.1 Å². The topological polar surface area (TPSA) is 89.7 Å². The monoisotopic (exact) mass is 476 g/mol. The predicted octanol–water partition coefficient (Wildman–Crippen LogP) is 4.32. The van der Waals surface area contributed by atoms with Crippen LogP contribution in [0.4, 0.5) is 5.69 Å². The number of carbonyl (C=O) groups is 1. The number of nitrogens with two attached hydrogens (primary N) is 1. The first-order valence-electron chi connectivity index (χ1n) is 11.0. The van der Waals surface area contributed by atoms with Gasteiger partial charge in [0.15, 0.2) is 0 Å². The molecule has 0 amide bonds. The SMILES string of the molecule is CC(=O)[C@@H]1CC[C@H]1CN1CCCCc2cc(Cl)ccc2COc2ccc(S(N)(=O)=O)cc21. The van der Waals surface area contributed by atoms with E-state index in [1.54, 1.807) is 19.1 Å². The lowest BCUT2D eigenvalue weighted by Crippen LogP contribution is -2.41. The molecule has 0 spiro atoms. The zero-order valence-electron chi connectivity index (χ0n) is 18.2. The first kappa shape index (κ1) is 23.1. The Morgan fingerprint density at radius 3 is 2.66 bits per heavy atom. The second-order valence-corrected chi connectivity index (χ2v) is 10.8. The van der Waals surface area contributed by atoms with Gasteiger partial charge in [-0.3, -0.25) is 4.79 Å². The molecule has 1 heterocycles. The zero-order valence-corrected chi connectivity index (χ0v) is 19.8. The van der Waals surface area contributed by atoms with Gasteiger partial charge in [-0.2, -0.15) is 0 Å². The molecule has 4 rings (SSSR count). The molecule has 32 heavy (non-hydrogen) atoms. The summed E-state index contributed by atoms with van der Waals surface area (Å²) in [7, 11) is -3.85. The maximum atomic E-state index is 12.0. The van der Waals surface area contributed by atoms with E-state index in [0.29, 0.717) is 29.6 Å². The number of nitrogens with zero attached hydrogens (tertiary/aromatic N) is 1. The normalized spacial score (nSPS) is 21.4. The number of hydrogen-bond acceptors (Lipinski definition) is 5. The molecule has 2 aliphatic rings. The van der Waals surface area contributed by atoms with Crippen LogP contribution in [0.15, 0.2) is 41.3 Å². The van der Waals surface area contributed by atoms with Crippen LogP contribution in [0, 0.1) is 11.8 Å². The Hall–Kier alpha value is -2.09. The molecule has 0 unspecified atom stereocenters. The number of fused-ring (bicyclic) bond motifs is 2. The number of aryl methyl sites for hydroxylation is 1. The lowest BCUT2D eigenvalue weighted by molar-refractivity contribution is -0.125. The predicted molar refractivity (Wildman–Crippen MR) is 126 cm³/mol. The van der Waals surface area contributed by atoms with Crippen LogP contribution in [0.2, 0.25) is 5.02 Å². The van der Waals surface area contributed by atoms with Crippen molar-refractivity contribution >= 4 is 33.1 Å². The minimum atomic E-state index is -3.85. The van der Waals surface area contributed by atoms with E-state index >= 15 is 0 Å². The van der Waals surface area contributed by atoms with Crippen molar-refractivity contribution in [2.75, 3.05) is 18.0 Å². The van der Waals surface area contributed by atoms with E-state index in [4.69, 9.17) is 21.5 Å². The average Bonchev–Trinajstić information content (AvgIpc) is 2.73. The number of anilines is 1. The van der Waals surface area contributed by atoms with Gasteiger partial charge in [-0.1, -0.05) is 17.7 Å². The first-order chi connectivity index (χ1) is 15.2. The number of carbonyl (C=O) groups excluding carboxylic acids is 1. The fraction of sp³-hybridized carbons (Fsp3) is 0.458. The molecular weight excluding hydrogens is 448 g/mol. The van der Waals surface area contributed by atoms with Crippen molar-refractivity contribution < 1.29 is 17.9 Å². The Morgan fingerprint density at radius 1 is 1.16 bits per heavy atom. The van der Waals surface area contributed by atoms with E-state index in [-0.39, 0.29) is 22.5 Å². The van der Waals surface area contributed by atoms with Crippen LogP contribution >= 0.6 is 11.6 Å². The molecule has 2 aromatic rings. The highest BCUT2D eigenvalue weighted by molar-refractivity contribution is 7.89. The smallest absolute Gasteiger partial charge is 0.238 e. The average molecular weight is 477 g/mol. The number of benzene rings is 2. The standard InChI is InChI=1S/C24H29ClN2O4S/c1-16(28)22-9-6-18(22)14-27-11-3-2-4-17-12-20(25)7-5-19(17)15-31-24-10-8-21(13-23(24)27)32(26,29)30/h5,7-8,10,12-13,18,22H,2-4,6,9,11,14-15H2,1H3,(H2,26,29,30)/t18-,22-/m0/s1. The number of ketones is 1. The molecular formula is C24H29ClN2O4S. The molecule has 1 aliphatic heterocycles. The number of ether oxygens (including phenoxy) is 1. The van der Waals surface area contributed by atoms with Gasteiger partial charge in [0.05, 0.1) is 10.6 Å². The summed E-state index contributed by atoms with van der Waals surface area (Å²) in [6, 6.07) is 10.6. The second kappa shape index (κ2) is 9.41. The van der Waals surface area contributed by atoms with Gasteiger partial charge >= 0.3 is 0 Å².